The number of halogens is 1. The van der Waals surface area contributed by atoms with Gasteiger partial charge in [-0.25, -0.2) is 8.42 Å². The van der Waals surface area contributed by atoms with Crippen LogP contribution in [-0.4, -0.2) is 19.3 Å². The molecule has 1 atom stereocenters. The van der Waals surface area contributed by atoms with Crippen LogP contribution in [0.2, 0.25) is 5.02 Å². The van der Waals surface area contributed by atoms with Gasteiger partial charge < -0.3 is 5.11 Å². The summed E-state index contributed by atoms with van der Waals surface area (Å²) in [5, 5.41) is 9.84. The summed E-state index contributed by atoms with van der Waals surface area (Å²) in [6.07, 6.45) is -0.932. The zero-order valence-corrected chi connectivity index (χ0v) is 8.14. The van der Waals surface area contributed by atoms with Crippen molar-refractivity contribution in [3.63, 3.8) is 0 Å². The highest BCUT2D eigenvalue weighted by Crippen LogP contribution is 2.34. The average molecular weight is 219 g/mol. The fourth-order valence-electron chi connectivity index (χ4n) is 1.45. The summed E-state index contributed by atoms with van der Waals surface area (Å²) >= 11 is 5.68. The van der Waals surface area contributed by atoms with Crippen molar-refractivity contribution in [2.24, 2.45) is 0 Å². The van der Waals surface area contributed by atoms with Crippen LogP contribution >= 0.6 is 11.6 Å². The van der Waals surface area contributed by atoms with Crippen molar-refractivity contribution in [3.05, 3.63) is 28.8 Å². The van der Waals surface area contributed by atoms with E-state index in [9.17, 15) is 13.5 Å². The van der Waals surface area contributed by atoms with E-state index in [0.29, 0.717) is 10.6 Å². The van der Waals surface area contributed by atoms with Crippen LogP contribution in [0.5, 0.6) is 0 Å². The third-order valence-corrected chi connectivity index (χ3v) is 4.07. The van der Waals surface area contributed by atoms with Crippen LogP contribution in [0.3, 0.4) is 0 Å². The molecule has 13 heavy (non-hydrogen) atoms. The number of fused-ring (bicyclic) bond motifs is 1. The maximum Gasteiger partial charge on any atom is 0.181 e. The van der Waals surface area contributed by atoms with Crippen LogP contribution in [0.1, 0.15) is 11.7 Å². The number of hydrogen-bond acceptors (Lipinski definition) is 3. The molecule has 0 aromatic heterocycles. The molecule has 2 rings (SSSR count). The lowest BCUT2D eigenvalue weighted by molar-refractivity contribution is 0.204. The Bertz CT molecular complexity index is 452. The van der Waals surface area contributed by atoms with Crippen LogP contribution in [0, 0.1) is 0 Å². The molecule has 1 aromatic carbocycles. The second-order valence-corrected chi connectivity index (χ2v) is 5.42. The minimum atomic E-state index is -3.28. The van der Waals surface area contributed by atoms with Crippen molar-refractivity contribution >= 4 is 21.4 Å². The van der Waals surface area contributed by atoms with Gasteiger partial charge in [0.1, 0.15) is 0 Å². The molecule has 1 heterocycles. The molecule has 1 aromatic rings. The van der Waals surface area contributed by atoms with Gasteiger partial charge in [-0.15, -0.1) is 0 Å². The molecule has 0 saturated carbocycles. The Morgan fingerprint density at radius 2 is 2.15 bits per heavy atom. The topological polar surface area (TPSA) is 54.4 Å². The molecule has 0 saturated heterocycles. The summed E-state index contributed by atoms with van der Waals surface area (Å²) < 4.78 is 22.7. The highest BCUT2D eigenvalue weighted by atomic mass is 35.5. The van der Waals surface area contributed by atoms with Gasteiger partial charge in [0, 0.05) is 10.6 Å². The summed E-state index contributed by atoms with van der Waals surface area (Å²) in [5.41, 5.74) is 0.410. The molecule has 1 aliphatic heterocycles. The van der Waals surface area contributed by atoms with Gasteiger partial charge in [-0.2, -0.15) is 0 Å². The fraction of sp³-hybridized carbons (Fsp3) is 0.250. The van der Waals surface area contributed by atoms with Crippen LogP contribution < -0.4 is 0 Å². The van der Waals surface area contributed by atoms with Crippen molar-refractivity contribution in [1.82, 2.24) is 0 Å². The molecule has 0 radical (unpaired) electrons. The Kier molecular flexibility index (Phi) is 1.87. The standard InChI is InChI=1S/C8H7ClO3S/c9-5-1-2-8-6(3-5)7(10)4-13(8,11)12/h1-3,7,10H,4H2/t7-/m1/s1. The molecule has 0 fully saturated rings. The van der Waals surface area contributed by atoms with Crippen molar-refractivity contribution < 1.29 is 13.5 Å². The molecule has 5 heteroatoms. The Morgan fingerprint density at radius 1 is 1.46 bits per heavy atom. The lowest BCUT2D eigenvalue weighted by Gasteiger charge is -2.00. The number of rotatable bonds is 0. The van der Waals surface area contributed by atoms with Gasteiger partial charge in [-0.1, -0.05) is 11.6 Å². The molecule has 1 aliphatic rings. The number of aliphatic hydroxyl groups is 1. The third kappa shape index (κ3) is 1.35. The van der Waals surface area contributed by atoms with E-state index in [0.717, 1.165) is 0 Å². The molecule has 0 spiro atoms. The number of benzene rings is 1. The second kappa shape index (κ2) is 2.70. The SMILES string of the molecule is O=S1(=O)C[C@@H](O)c2cc(Cl)ccc21. The maximum atomic E-state index is 11.4. The Hall–Kier alpha value is -0.580. The summed E-state index contributed by atoms with van der Waals surface area (Å²) in [7, 11) is -3.28. The van der Waals surface area contributed by atoms with Gasteiger partial charge in [-0.3, -0.25) is 0 Å². The zero-order chi connectivity index (χ0) is 9.64. The number of hydrogen-bond donors (Lipinski definition) is 1. The summed E-state index contributed by atoms with van der Waals surface area (Å²) in [6, 6.07) is 4.44. The second-order valence-electron chi connectivity index (χ2n) is 2.98. The summed E-state index contributed by atoms with van der Waals surface area (Å²) in [4.78, 5) is 0.199. The summed E-state index contributed by atoms with van der Waals surface area (Å²) in [5.74, 6) is -0.233. The van der Waals surface area contributed by atoms with Gasteiger partial charge >= 0.3 is 0 Å². The maximum absolute atomic E-state index is 11.4. The molecular formula is C8H7ClO3S. The first-order valence-electron chi connectivity index (χ1n) is 3.71. The predicted octanol–water partition coefficient (Wildman–Crippen LogP) is 1.16. The van der Waals surface area contributed by atoms with E-state index in [-0.39, 0.29) is 10.6 Å². The molecule has 0 unspecified atom stereocenters. The predicted molar refractivity (Wildman–Crippen MR) is 48.5 cm³/mol. The zero-order valence-electron chi connectivity index (χ0n) is 6.57. The van der Waals surface area contributed by atoms with Crippen LogP contribution in [0.15, 0.2) is 23.1 Å². The first-order valence-corrected chi connectivity index (χ1v) is 5.74. The van der Waals surface area contributed by atoms with Gasteiger partial charge in [0.05, 0.1) is 16.8 Å². The molecule has 1 N–H and O–H groups in total. The molecule has 0 bridgehead atoms. The summed E-state index contributed by atoms with van der Waals surface area (Å²) in [6.45, 7) is 0. The van der Waals surface area contributed by atoms with Gasteiger partial charge in [0.2, 0.25) is 0 Å². The minimum absolute atomic E-state index is 0.199. The Balaban J connectivity index is 2.73. The minimum Gasteiger partial charge on any atom is -0.387 e. The molecule has 0 amide bonds. The van der Waals surface area contributed by atoms with E-state index < -0.39 is 15.9 Å². The van der Waals surface area contributed by atoms with Crippen molar-refractivity contribution in [2.45, 2.75) is 11.0 Å². The molecule has 0 aliphatic carbocycles. The highest BCUT2D eigenvalue weighted by molar-refractivity contribution is 7.91. The van der Waals surface area contributed by atoms with E-state index in [4.69, 9.17) is 11.6 Å². The van der Waals surface area contributed by atoms with E-state index >= 15 is 0 Å². The van der Waals surface area contributed by atoms with E-state index in [1.807, 2.05) is 0 Å². The van der Waals surface area contributed by atoms with E-state index in [1.54, 1.807) is 0 Å². The monoisotopic (exact) mass is 218 g/mol. The van der Waals surface area contributed by atoms with Crippen LogP contribution in [0.4, 0.5) is 0 Å². The lowest BCUT2D eigenvalue weighted by Crippen LogP contribution is -2.01. The van der Waals surface area contributed by atoms with Gasteiger partial charge in [0.15, 0.2) is 9.84 Å². The van der Waals surface area contributed by atoms with Gasteiger partial charge in [0.25, 0.3) is 0 Å². The quantitative estimate of drug-likeness (QED) is 0.711. The average Bonchev–Trinajstić information content (AvgIpc) is 2.22. The number of aliphatic hydroxyl groups excluding tert-OH is 1. The van der Waals surface area contributed by atoms with Crippen molar-refractivity contribution in [3.8, 4) is 0 Å². The molecular weight excluding hydrogens is 212 g/mol. The molecule has 3 nitrogen and oxygen atoms in total. The van der Waals surface area contributed by atoms with Crippen LogP contribution in [0.25, 0.3) is 0 Å². The lowest BCUT2D eigenvalue weighted by atomic mass is 10.1. The smallest absolute Gasteiger partial charge is 0.181 e. The highest BCUT2D eigenvalue weighted by Gasteiger charge is 2.33. The normalized spacial score (nSPS) is 24.3. The van der Waals surface area contributed by atoms with Crippen molar-refractivity contribution in [1.29, 1.82) is 0 Å². The van der Waals surface area contributed by atoms with Crippen molar-refractivity contribution in [2.75, 3.05) is 5.75 Å². The molecule has 70 valence electrons. The third-order valence-electron chi connectivity index (χ3n) is 2.04. The van der Waals surface area contributed by atoms with Gasteiger partial charge in [-0.05, 0) is 18.2 Å². The number of sulfone groups is 1. The van der Waals surface area contributed by atoms with E-state index in [2.05, 4.69) is 0 Å². The largest absolute Gasteiger partial charge is 0.387 e. The fourth-order valence-corrected chi connectivity index (χ4v) is 3.24. The Morgan fingerprint density at radius 3 is 2.85 bits per heavy atom. The Labute approximate surface area is 80.9 Å². The first kappa shape index (κ1) is 8.99. The first-order chi connectivity index (χ1) is 6.00. The van der Waals surface area contributed by atoms with E-state index in [1.165, 1.54) is 18.2 Å². The van der Waals surface area contributed by atoms with Crippen LogP contribution in [-0.2, 0) is 9.84 Å².